The number of nitrogens with one attached hydrogen (secondary N) is 1. The van der Waals surface area contributed by atoms with E-state index in [-0.39, 0.29) is 5.91 Å². The van der Waals surface area contributed by atoms with Gasteiger partial charge in [0.1, 0.15) is 4.32 Å². The van der Waals surface area contributed by atoms with E-state index in [1.807, 2.05) is 25.1 Å². The molecule has 0 atom stereocenters. The molecule has 0 bridgehead atoms. The maximum atomic E-state index is 11.8. The molecule has 3 heterocycles. The van der Waals surface area contributed by atoms with Crippen LogP contribution in [-0.4, -0.2) is 20.2 Å². The van der Waals surface area contributed by atoms with Gasteiger partial charge in [-0.25, -0.2) is 9.97 Å². The van der Waals surface area contributed by atoms with Gasteiger partial charge < -0.3 is 5.32 Å². The largest absolute Gasteiger partial charge is 0.307 e. The second-order valence-electron chi connectivity index (χ2n) is 6.15. The third-order valence-corrected chi connectivity index (χ3v) is 5.26. The van der Waals surface area contributed by atoms with Crippen molar-refractivity contribution in [3.63, 3.8) is 0 Å². The summed E-state index contributed by atoms with van der Waals surface area (Å²) in [5.41, 5.74) is 5.52. The number of pyridine rings is 2. The topological polar surface area (TPSA) is 54.9 Å². The third-order valence-electron chi connectivity index (χ3n) is 4.10. The number of hydrogen-bond acceptors (Lipinski definition) is 5. The summed E-state index contributed by atoms with van der Waals surface area (Å²) in [5.74, 6) is -0.178. The molecule has 1 aromatic carbocycles. The van der Waals surface area contributed by atoms with E-state index in [4.69, 9.17) is 17.2 Å². The van der Waals surface area contributed by atoms with Crippen molar-refractivity contribution in [3.05, 3.63) is 64.2 Å². The summed E-state index contributed by atoms with van der Waals surface area (Å²) in [4.78, 5) is 21.9. The molecule has 1 aliphatic rings. The van der Waals surface area contributed by atoms with Crippen LogP contribution in [-0.2, 0) is 4.79 Å². The second kappa shape index (κ2) is 6.63. The highest BCUT2D eigenvalue weighted by molar-refractivity contribution is 8.26. The Morgan fingerprint density at radius 2 is 1.96 bits per heavy atom. The van der Waals surface area contributed by atoms with Crippen LogP contribution in [0.2, 0.25) is 0 Å². The predicted octanol–water partition coefficient (Wildman–Crippen LogP) is 4.40. The third kappa shape index (κ3) is 3.25. The predicted molar refractivity (Wildman–Crippen MR) is 111 cm³/mol. The highest BCUT2D eigenvalue weighted by Crippen LogP contribution is 2.27. The fraction of sp³-hybridized carbons (Fsp3) is 0.100. The zero-order valence-electron chi connectivity index (χ0n) is 14.2. The number of thiocarbonyl (C=S) groups is 1. The summed E-state index contributed by atoms with van der Waals surface area (Å²) < 4.78 is 0.472. The number of carbonyl (C=O) groups excluding carboxylic acids is 1. The van der Waals surface area contributed by atoms with Gasteiger partial charge in [-0.1, -0.05) is 42.2 Å². The van der Waals surface area contributed by atoms with Crippen molar-refractivity contribution in [1.82, 2.24) is 15.3 Å². The van der Waals surface area contributed by atoms with Gasteiger partial charge in [0.15, 0.2) is 0 Å². The number of carbonyl (C=O) groups is 1. The Bertz CT molecular complexity index is 1110. The molecule has 1 saturated heterocycles. The normalized spacial score (nSPS) is 15.7. The zero-order valence-corrected chi connectivity index (χ0v) is 15.9. The van der Waals surface area contributed by atoms with Crippen LogP contribution >= 0.6 is 24.0 Å². The van der Waals surface area contributed by atoms with Crippen LogP contribution in [0.1, 0.15) is 16.8 Å². The van der Waals surface area contributed by atoms with E-state index < -0.39 is 0 Å². The van der Waals surface area contributed by atoms with Crippen LogP contribution in [0.3, 0.4) is 0 Å². The molecule has 0 aliphatic carbocycles. The van der Waals surface area contributed by atoms with Crippen LogP contribution in [0.15, 0.2) is 47.4 Å². The van der Waals surface area contributed by atoms with Crippen molar-refractivity contribution in [1.29, 1.82) is 0 Å². The van der Waals surface area contributed by atoms with Crippen molar-refractivity contribution >= 4 is 51.2 Å². The van der Waals surface area contributed by atoms with Crippen LogP contribution in [0.25, 0.3) is 28.4 Å². The average molecular weight is 377 g/mol. The fourth-order valence-electron chi connectivity index (χ4n) is 2.86. The quantitative estimate of drug-likeness (QED) is 0.530. The standard InChI is InChI=1S/C20H15N3OS2/c1-11-6-7-13-9-12(2)18(22-16(13)8-11)15-5-3-4-14(21-15)10-17-19(24)23-20(25)26-17/h3-10H,1-2H3,(H,23,24,25). The molecule has 0 saturated carbocycles. The number of nitrogens with zero attached hydrogens (tertiary/aromatic N) is 2. The average Bonchev–Trinajstić information content (AvgIpc) is 2.92. The van der Waals surface area contributed by atoms with Gasteiger partial charge >= 0.3 is 0 Å². The molecule has 0 radical (unpaired) electrons. The Balaban J connectivity index is 1.78. The first-order chi connectivity index (χ1) is 12.5. The van der Waals surface area contributed by atoms with Gasteiger partial charge in [0.05, 0.1) is 27.5 Å². The molecule has 1 N–H and O–H groups in total. The number of aryl methyl sites for hydroxylation is 2. The first-order valence-electron chi connectivity index (χ1n) is 8.10. The first kappa shape index (κ1) is 16.9. The number of benzene rings is 1. The molecular formula is C20H15N3OS2. The minimum absolute atomic E-state index is 0.178. The number of amides is 1. The van der Waals surface area contributed by atoms with Crippen LogP contribution in [0.4, 0.5) is 0 Å². The Morgan fingerprint density at radius 3 is 2.73 bits per heavy atom. The minimum Gasteiger partial charge on any atom is -0.307 e. The van der Waals surface area contributed by atoms with Crippen LogP contribution < -0.4 is 5.32 Å². The molecular weight excluding hydrogens is 362 g/mol. The van der Waals surface area contributed by atoms with E-state index in [9.17, 15) is 4.79 Å². The maximum Gasteiger partial charge on any atom is 0.263 e. The van der Waals surface area contributed by atoms with Gasteiger partial charge in [0.2, 0.25) is 0 Å². The fourth-order valence-corrected chi connectivity index (χ4v) is 3.89. The van der Waals surface area contributed by atoms with Gasteiger partial charge in [-0.05, 0) is 55.3 Å². The van der Waals surface area contributed by atoms with Crippen molar-refractivity contribution in [3.8, 4) is 11.4 Å². The summed E-state index contributed by atoms with van der Waals surface area (Å²) in [7, 11) is 0. The van der Waals surface area contributed by atoms with E-state index in [2.05, 4.69) is 41.5 Å². The SMILES string of the molecule is Cc1ccc2cc(C)c(-c3cccc(C=C4SC(=S)NC4=O)n3)nc2c1. The number of fused-ring (bicyclic) bond motifs is 1. The highest BCUT2D eigenvalue weighted by atomic mass is 32.2. The Kier molecular flexibility index (Phi) is 4.30. The summed E-state index contributed by atoms with van der Waals surface area (Å²) in [6, 6.07) is 14.1. The van der Waals surface area contributed by atoms with Gasteiger partial charge in [-0.15, -0.1) is 0 Å². The van der Waals surface area contributed by atoms with Gasteiger partial charge in [0, 0.05) is 5.39 Å². The summed E-state index contributed by atoms with van der Waals surface area (Å²) in [6.07, 6.45) is 1.75. The lowest BCUT2D eigenvalue weighted by Crippen LogP contribution is -2.17. The molecule has 128 valence electrons. The molecule has 0 spiro atoms. The molecule has 26 heavy (non-hydrogen) atoms. The molecule has 3 aromatic rings. The monoisotopic (exact) mass is 377 g/mol. The number of thioether (sulfide) groups is 1. The molecule has 2 aromatic heterocycles. The maximum absolute atomic E-state index is 11.8. The molecule has 4 nitrogen and oxygen atoms in total. The van der Waals surface area contributed by atoms with Gasteiger partial charge in [-0.3, -0.25) is 4.79 Å². The molecule has 6 heteroatoms. The molecule has 1 fully saturated rings. The summed E-state index contributed by atoms with van der Waals surface area (Å²) >= 11 is 6.28. The molecule has 1 amide bonds. The van der Waals surface area contributed by atoms with E-state index >= 15 is 0 Å². The smallest absolute Gasteiger partial charge is 0.263 e. The van der Waals surface area contributed by atoms with E-state index in [0.717, 1.165) is 27.9 Å². The lowest BCUT2D eigenvalue weighted by atomic mass is 10.1. The van der Waals surface area contributed by atoms with Gasteiger partial charge in [0.25, 0.3) is 5.91 Å². The van der Waals surface area contributed by atoms with Crippen molar-refractivity contribution in [2.75, 3.05) is 0 Å². The van der Waals surface area contributed by atoms with Crippen LogP contribution in [0, 0.1) is 13.8 Å². The van der Waals surface area contributed by atoms with E-state index in [0.29, 0.717) is 14.9 Å². The van der Waals surface area contributed by atoms with Crippen molar-refractivity contribution in [2.24, 2.45) is 0 Å². The Hall–Kier alpha value is -2.57. The number of hydrogen-bond donors (Lipinski definition) is 1. The van der Waals surface area contributed by atoms with Crippen LogP contribution in [0.5, 0.6) is 0 Å². The lowest BCUT2D eigenvalue weighted by Gasteiger charge is -2.08. The first-order valence-corrected chi connectivity index (χ1v) is 9.32. The van der Waals surface area contributed by atoms with Crippen molar-refractivity contribution < 1.29 is 4.79 Å². The van der Waals surface area contributed by atoms with E-state index in [1.54, 1.807) is 6.08 Å². The molecule has 1 aliphatic heterocycles. The summed E-state index contributed by atoms with van der Waals surface area (Å²) in [6.45, 7) is 4.09. The van der Waals surface area contributed by atoms with Crippen molar-refractivity contribution in [2.45, 2.75) is 13.8 Å². The van der Waals surface area contributed by atoms with E-state index in [1.165, 1.54) is 17.3 Å². The Morgan fingerprint density at radius 1 is 1.12 bits per heavy atom. The Labute approximate surface area is 160 Å². The lowest BCUT2D eigenvalue weighted by molar-refractivity contribution is -0.115. The highest BCUT2D eigenvalue weighted by Gasteiger charge is 2.22. The molecule has 0 unspecified atom stereocenters. The number of aromatic nitrogens is 2. The second-order valence-corrected chi connectivity index (χ2v) is 7.87. The van der Waals surface area contributed by atoms with Gasteiger partial charge in [-0.2, -0.15) is 0 Å². The molecule has 4 rings (SSSR count). The number of rotatable bonds is 2. The summed E-state index contributed by atoms with van der Waals surface area (Å²) in [5, 5.41) is 3.73. The zero-order chi connectivity index (χ0) is 18.3. The minimum atomic E-state index is -0.178.